The average Bonchev–Trinajstić information content (AvgIpc) is 3.45. The lowest BCUT2D eigenvalue weighted by molar-refractivity contribution is 0.0796. The number of aryl methyl sites for hydroxylation is 1. The minimum atomic E-state index is -0.602. The van der Waals surface area contributed by atoms with Crippen molar-refractivity contribution < 1.29 is 18.7 Å². The highest BCUT2D eigenvalue weighted by Gasteiger charge is 2.24. The van der Waals surface area contributed by atoms with Crippen LogP contribution in [0.2, 0.25) is 0 Å². The second kappa shape index (κ2) is 9.69. The van der Waals surface area contributed by atoms with Crippen LogP contribution in [-0.4, -0.2) is 68.0 Å². The molecule has 1 aromatic carbocycles. The summed E-state index contributed by atoms with van der Waals surface area (Å²) in [6.07, 6.45) is 3.05. The van der Waals surface area contributed by atoms with Gasteiger partial charge in [-0.25, -0.2) is 13.9 Å². The molecule has 0 radical (unpaired) electrons. The van der Waals surface area contributed by atoms with Gasteiger partial charge in [-0.2, -0.15) is 5.10 Å². The fourth-order valence-corrected chi connectivity index (χ4v) is 3.40. The third-order valence-corrected chi connectivity index (χ3v) is 5.26. The average molecular weight is 465 g/mol. The van der Waals surface area contributed by atoms with Crippen LogP contribution in [0.5, 0.6) is 5.75 Å². The maximum absolute atomic E-state index is 13.0. The molecule has 0 bridgehead atoms. The Kier molecular flexibility index (Phi) is 6.53. The Morgan fingerprint density at radius 1 is 1.24 bits per heavy atom. The van der Waals surface area contributed by atoms with Crippen molar-refractivity contribution in [2.75, 3.05) is 32.2 Å². The van der Waals surface area contributed by atoms with Crippen LogP contribution in [0.15, 0.2) is 48.8 Å². The molecule has 4 rings (SSSR count). The SMILES string of the molecule is CCN(C)C(=O)c1cnn(C)c1C(=O)Nc1ccn2nc(-c3ccccc3OCCF)nc2c1. The topological polar surface area (TPSA) is 107 Å². The molecule has 0 atom stereocenters. The number of hydrogen-bond acceptors (Lipinski definition) is 6. The number of benzene rings is 1. The van der Waals surface area contributed by atoms with E-state index in [4.69, 9.17) is 4.74 Å². The zero-order chi connectivity index (χ0) is 24.2. The van der Waals surface area contributed by atoms with Gasteiger partial charge >= 0.3 is 0 Å². The Balaban J connectivity index is 1.61. The van der Waals surface area contributed by atoms with E-state index in [1.54, 1.807) is 55.1 Å². The minimum Gasteiger partial charge on any atom is -0.490 e. The van der Waals surface area contributed by atoms with Crippen LogP contribution < -0.4 is 10.1 Å². The quantitative estimate of drug-likeness (QED) is 0.429. The van der Waals surface area contributed by atoms with E-state index < -0.39 is 12.6 Å². The van der Waals surface area contributed by atoms with Crippen molar-refractivity contribution in [3.05, 3.63) is 60.0 Å². The van der Waals surface area contributed by atoms with E-state index in [2.05, 4.69) is 20.5 Å². The molecule has 0 saturated heterocycles. The van der Waals surface area contributed by atoms with Crippen LogP contribution in [0.25, 0.3) is 17.0 Å². The van der Waals surface area contributed by atoms with Crippen LogP contribution in [-0.2, 0) is 7.05 Å². The smallest absolute Gasteiger partial charge is 0.274 e. The van der Waals surface area contributed by atoms with E-state index in [1.807, 2.05) is 13.0 Å². The Morgan fingerprint density at radius 2 is 2.03 bits per heavy atom. The number of nitrogens with zero attached hydrogens (tertiary/aromatic N) is 6. The van der Waals surface area contributed by atoms with Crippen LogP contribution >= 0.6 is 0 Å². The summed E-state index contributed by atoms with van der Waals surface area (Å²) in [7, 11) is 3.27. The van der Waals surface area contributed by atoms with Gasteiger partial charge in [-0.3, -0.25) is 14.3 Å². The predicted octanol–water partition coefficient (Wildman–Crippen LogP) is 2.82. The number of fused-ring (bicyclic) bond motifs is 1. The first kappa shape index (κ1) is 22.9. The van der Waals surface area contributed by atoms with E-state index >= 15 is 0 Å². The number of carbonyl (C=O) groups is 2. The fraction of sp³-hybridized carbons (Fsp3) is 0.261. The number of carbonyl (C=O) groups excluding carboxylic acids is 2. The summed E-state index contributed by atoms with van der Waals surface area (Å²) in [5.41, 5.74) is 1.97. The van der Waals surface area contributed by atoms with Gasteiger partial charge in [0, 0.05) is 38.6 Å². The van der Waals surface area contributed by atoms with E-state index in [0.29, 0.717) is 35.0 Å². The molecule has 34 heavy (non-hydrogen) atoms. The highest BCUT2D eigenvalue weighted by atomic mass is 19.1. The first-order chi connectivity index (χ1) is 16.4. The van der Waals surface area contributed by atoms with Gasteiger partial charge in [0.2, 0.25) is 0 Å². The lowest BCUT2D eigenvalue weighted by Gasteiger charge is -2.14. The molecule has 11 heteroatoms. The molecule has 0 aliphatic heterocycles. The van der Waals surface area contributed by atoms with Crippen LogP contribution in [0, 0.1) is 0 Å². The molecule has 3 heterocycles. The maximum Gasteiger partial charge on any atom is 0.274 e. The van der Waals surface area contributed by atoms with Gasteiger partial charge in [0.05, 0.1) is 17.3 Å². The van der Waals surface area contributed by atoms with Crippen molar-refractivity contribution in [3.63, 3.8) is 0 Å². The zero-order valence-corrected chi connectivity index (χ0v) is 19.0. The molecule has 3 aromatic heterocycles. The van der Waals surface area contributed by atoms with E-state index in [-0.39, 0.29) is 23.8 Å². The lowest BCUT2D eigenvalue weighted by Crippen LogP contribution is -2.29. The molecule has 0 aliphatic rings. The van der Waals surface area contributed by atoms with Gasteiger partial charge in [0.1, 0.15) is 24.7 Å². The molecule has 0 spiro atoms. The number of amides is 2. The van der Waals surface area contributed by atoms with Gasteiger partial charge in [-0.15, -0.1) is 5.10 Å². The molecule has 0 saturated carbocycles. The van der Waals surface area contributed by atoms with Crippen molar-refractivity contribution in [1.29, 1.82) is 0 Å². The summed E-state index contributed by atoms with van der Waals surface area (Å²) in [6, 6.07) is 10.5. The summed E-state index contributed by atoms with van der Waals surface area (Å²) in [4.78, 5) is 31.7. The van der Waals surface area contributed by atoms with Gasteiger partial charge in [-0.05, 0) is 25.1 Å². The third-order valence-electron chi connectivity index (χ3n) is 5.26. The van der Waals surface area contributed by atoms with Gasteiger partial charge in [0.25, 0.3) is 11.8 Å². The number of halogens is 1. The molecule has 0 fully saturated rings. The van der Waals surface area contributed by atoms with Crippen molar-refractivity contribution >= 4 is 23.1 Å². The third kappa shape index (κ3) is 4.45. The summed E-state index contributed by atoms with van der Waals surface area (Å²) in [5, 5.41) is 11.3. The van der Waals surface area contributed by atoms with Gasteiger partial charge < -0.3 is 15.0 Å². The van der Waals surface area contributed by atoms with Crippen LogP contribution in [0.1, 0.15) is 27.8 Å². The Morgan fingerprint density at radius 3 is 2.79 bits per heavy atom. The molecular formula is C23H24FN7O3. The molecule has 10 nitrogen and oxygen atoms in total. The fourth-order valence-electron chi connectivity index (χ4n) is 3.40. The maximum atomic E-state index is 13.0. The summed E-state index contributed by atoms with van der Waals surface area (Å²) >= 11 is 0. The van der Waals surface area contributed by atoms with Gasteiger partial charge in [0.15, 0.2) is 11.5 Å². The Hall–Kier alpha value is -4.28. The number of alkyl halides is 1. The zero-order valence-electron chi connectivity index (χ0n) is 19.0. The number of para-hydroxylation sites is 1. The summed E-state index contributed by atoms with van der Waals surface area (Å²) in [6.45, 7) is 1.69. The second-order valence-corrected chi connectivity index (χ2v) is 7.49. The van der Waals surface area contributed by atoms with E-state index in [9.17, 15) is 14.0 Å². The minimum absolute atomic E-state index is 0.0624. The second-order valence-electron chi connectivity index (χ2n) is 7.49. The monoisotopic (exact) mass is 465 g/mol. The Bertz CT molecular complexity index is 1350. The number of hydrogen-bond donors (Lipinski definition) is 1. The Labute approximate surface area is 195 Å². The van der Waals surface area contributed by atoms with Crippen LogP contribution in [0.4, 0.5) is 10.1 Å². The normalized spacial score (nSPS) is 10.9. The van der Waals surface area contributed by atoms with Crippen LogP contribution in [0.3, 0.4) is 0 Å². The van der Waals surface area contributed by atoms with Crippen molar-refractivity contribution in [1.82, 2.24) is 29.3 Å². The molecule has 4 aromatic rings. The van der Waals surface area contributed by atoms with Crippen molar-refractivity contribution in [2.45, 2.75) is 6.92 Å². The predicted molar refractivity (Wildman–Crippen MR) is 124 cm³/mol. The number of pyridine rings is 1. The lowest BCUT2D eigenvalue weighted by atomic mass is 10.2. The summed E-state index contributed by atoms with van der Waals surface area (Å²) < 4.78 is 21.0. The van der Waals surface area contributed by atoms with E-state index in [1.165, 1.54) is 15.8 Å². The number of aromatic nitrogens is 5. The molecular weight excluding hydrogens is 441 g/mol. The number of nitrogens with one attached hydrogen (secondary N) is 1. The van der Waals surface area contributed by atoms with Crippen molar-refractivity contribution in [2.24, 2.45) is 7.05 Å². The number of anilines is 1. The van der Waals surface area contributed by atoms with Gasteiger partial charge in [-0.1, -0.05) is 12.1 Å². The van der Waals surface area contributed by atoms with E-state index in [0.717, 1.165) is 0 Å². The highest BCUT2D eigenvalue weighted by molar-refractivity contribution is 6.11. The molecule has 0 unspecified atom stereocenters. The van der Waals surface area contributed by atoms with Crippen molar-refractivity contribution in [3.8, 4) is 17.1 Å². The molecule has 1 N–H and O–H groups in total. The highest BCUT2D eigenvalue weighted by Crippen LogP contribution is 2.28. The number of rotatable bonds is 8. The largest absolute Gasteiger partial charge is 0.490 e. The summed E-state index contributed by atoms with van der Waals surface area (Å²) in [5.74, 6) is 0.129. The first-order valence-electron chi connectivity index (χ1n) is 10.7. The molecule has 2 amide bonds. The molecule has 0 aliphatic carbocycles. The first-order valence-corrected chi connectivity index (χ1v) is 10.7. The molecule has 176 valence electrons. The number of ether oxygens (including phenoxy) is 1. The standard InChI is InChI=1S/C23H24FN7O3/c1-4-29(2)23(33)17-14-25-30(3)20(17)22(32)26-15-9-11-31-19(13-15)27-21(28-31)16-7-5-6-8-18(16)34-12-10-24/h5-9,11,13-14H,4,10,12H2,1-3H3,(H,26,32).